The van der Waals surface area contributed by atoms with Gasteiger partial charge in [-0.05, 0) is 19.2 Å². The average Bonchev–Trinajstić information content (AvgIpc) is 2.05. The molecule has 0 aliphatic heterocycles. The molecule has 11 heavy (non-hydrogen) atoms. The maximum Gasteiger partial charge on any atom is 0.0651 e. The molecule has 0 amide bonds. The minimum Gasteiger partial charge on any atom is -0.264 e. The van der Waals surface area contributed by atoms with Crippen LogP contribution in [0.5, 0.6) is 0 Å². The highest BCUT2D eigenvalue weighted by molar-refractivity contribution is 5.44. The molecule has 0 radical (unpaired) electrons. The van der Waals surface area contributed by atoms with Crippen LogP contribution in [-0.4, -0.2) is 6.72 Å². The van der Waals surface area contributed by atoms with E-state index in [9.17, 15) is 0 Å². The summed E-state index contributed by atoms with van der Waals surface area (Å²) < 4.78 is 0. The molecule has 0 N–H and O–H groups in total. The number of nitrogens with zero attached hydrogens (tertiary/aromatic N) is 1. The molecule has 0 saturated heterocycles. The molecule has 0 aromatic carbocycles. The lowest BCUT2D eigenvalue weighted by Gasteiger charge is -1.98. The van der Waals surface area contributed by atoms with Crippen LogP contribution in [0.3, 0.4) is 0 Å². The van der Waals surface area contributed by atoms with Gasteiger partial charge in [0.2, 0.25) is 0 Å². The van der Waals surface area contributed by atoms with Crippen LogP contribution < -0.4 is 0 Å². The fraction of sp³-hybridized carbons (Fsp3) is 0.100. The first-order valence-electron chi connectivity index (χ1n) is 3.38. The van der Waals surface area contributed by atoms with Crippen molar-refractivity contribution >= 4 is 6.72 Å². The fourth-order valence-electron chi connectivity index (χ4n) is 0.734. The lowest BCUT2D eigenvalue weighted by Crippen LogP contribution is -1.80. The molecule has 0 bridgehead atoms. The highest BCUT2D eigenvalue weighted by Gasteiger charge is 1.93. The zero-order chi connectivity index (χ0) is 8.69. The zero-order valence-electron chi connectivity index (χ0n) is 6.88. The number of hydrogen-bond donors (Lipinski definition) is 0. The average molecular weight is 147 g/mol. The van der Waals surface area contributed by atoms with Crippen molar-refractivity contribution in [3.05, 3.63) is 48.7 Å². The van der Waals surface area contributed by atoms with Gasteiger partial charge in [-0.15, -0.1) is 0 Å². The van der Waals surface area contributed by atoms with Crippen LogP contribution in [0, 0.1) is 0 Å². The molecule has 0 spiro atoms. The maximum atomic E-state index is 3.82. The smallest absolute Gasteiger partial charge is 0.0651 e. The van der Waals surface area contributed by atoms with Crippen LogP contribution in [0.2, 0.25) is 0 Å². The Morgan fingerprint density at radius 2 is 2.00 bits per heavy atom. The zero-order valence-corrected chi connectivity index (χ0v) is 6.88. The molecule has 0 aliphatic carbocycles. The number of aliphatic imine (C=N–C) groups is 1. The summed E-state index contributed by atoms with van der Waals surface area (Å²) in [4.78, 5) is 3.82. The summed E-state index contributed by atoms with van der Waals surface area (Å²) in [5.74, 6) is 0. The Kier molecular flexibility index (Phi) is 4.74. The summed E-state index contributed by atoms with van der Waals surface area (Å²) in [7, 11) is 0. The Labute approximate surface area is 68.2 Å². The highest BCUT2D eigenvalue weighted by Crippen LogP contribution is 2.11. The van der Waals surface area contributed by atoms with Gasteiger partial charge < -0.3 is 0 Å². The standard InChI is InChI=1S/C10H13N/c1-5-8-9(6-2)10(7-3)11-4/h5-8H,1-2,4H2,3H3/b9-8-,10-7+. The van der Waals surface area contributed by atoms with Crippen LogP contribution >= 0.6 is 0 Å². The predicted molar refractivity (Wildman–Crippen MR) is 51.8 cm³/mol. The molecule has 0 aromatic rings. The summed E-state index contributed by atoms with van der Waals surface area (Å²) >= 11 is 0. The summed E-state index contributed by atoms with van der Waals surface area (Å²) in [6.07, 6.45) is 7.15. The first-order valence-corrected chi connectivity index (χ1v) is 3.38. The third kappa shape index (κ3) is 2.80. The van der Waals surface area contributed by atoms with E-state index < -0.39 is 0 Å². The minimum absolute atomic E-state index is 0.833. The van der Waals surface area contributed by atoms with Crippen molar-refractivity contribution in [1.82, 2.24) is 0 Å². The quantitative estimate of drug-likeness (QED) is 0.428. The van der Waals surface area contributed by atoms with Crippen molar-refractivity contribution in [3.63, 3.8) is 0 Å². The van der Waals surface area contributed by atoms with Gasteiger partial charge in [0.1, 0.15) is 0 Å². The minimum atomic E-state index is 0.833. The largest absolute Gasteiger partial charge is 0.264 e. The van der Waals surface area contributed by atoms with Crippen molar-refractivity contribution < 1.29 is 0 Å². The Bertz CT molecular complexity index is 219. The van der Waals surface area contributed by atoms with Crippen molar-refractivity contribution in [1.29, 1.82) is 0 Å². The molecule has 0 fully saturated rings. The van der Waals surface area contributed by atoms with Crippen LogP contribution in [0.1, 0.15) is 6.92 Å². The van der Waals surface area contributed by atoms with Crippen molar-refractivity contribution in [3.8, 4) is 0 Å². The van der Waals surface area contributed by atoms with E-state index in [0.717, 1.165) is 11.3 Å². The van der Waals surface area contributed by atoms with Crippen LogP contribution in [0.25, 0.3) is 0 Å². The topological polar surface area (TPSA) is 12.4 Å². The van der Waals surface area contributed by atoms with E-state index in [4.69, 9.17) is 0 Å². The van der Waals surface area contributed by atoms with Gasteiger partial charge >= 0.3 is 0 Å². The summed E-state index contributed by atoms with van der Waals surface area (Å²) in [5, 5.41) is 0. The number of rotatable bonds is 4. The van der Waals surface area contributed by atoms with Crippen molar-refractivity contribution in [2.75, 3.05) is 0 Å². The van der Waals surface area contributed by atoms with Crippen LogP contribution in [0.15, 0.2) is 53.7 Å². The molecule has 1 nitrogen and oxygen atoms in total. The van der Waals surface area contributed by atoms with E-state index in [2.05, 4.69) is 24.9 Å². The Morgan fingerprint density at radius 3 is 2.27 bits per heavy atom. The fourth-order valence-corrected chi connectivity index (χ4v) is 0.734. The molecule has 0 heterocycles. The summed E-state index contributed by atoms with van der Waals surface area (Å²) in [5.41, 5.74) is 1.78. The van der Waals surface area contributed by atoms with Crippen molar-refractivity contribution in [2.45, 2.75) is 6.92 Å². The molecule has 0 atom stereocenters. The van der Waals surface area contributed by atoms with Gasteiger partial charge in [0, 0.05) is 0 Å². The van der Waals surface area contributed by atoms with Gasteiger partial charge in [0.25, 0.3) is 0 Å². The van der Waals surface area contributed by atoms with Crippen LogP contribution in [-0.2, 0) is 0 Å². The molecular formula is C10H13N. The van der Waals surface area contributed by atoms with Crippen LogP contribution in [0.4, 0.5) is 0 Å². The maximum absolute atomic E-state index is 3.82. The van der Waals surface area contributed by atoms with Gasteiger partial charge in [-0.3, -0.25) is 4.99 Å². The van der Waals surface area contributed by atoms with Gasteiger partial charge in [-0.1, -0.05) is 37.5 Å². The second-order valence-electron chi connectivity index (χ2n) is 1.89. The van der Waals surface area contributed by atoms with E-state index in [1.807, 2.05) is 19.1 Å². The van der Waals surface area contributed by atoms with E-state index in [1.54, 1.807) is 12.2 Å². The Hall–Kier alpha value is -1.37. The molecule has 58 valence electrons. The van der Waals surface area contributed by atoms with Crippen molar-refractivity contribution in [2.24, 2.45) is 4.99 Å². The first-order chi connectivity index (χ1) is 5.29. The molecule has 0 unspecified atom stereocenters. The van der Waals surface area contributed by atoms with Gasteiger partial charge in [0.05, 0.1) is 5.70 Å². The van der Waals surface area contributed by atoms with E-state index in [0.29, 0.717) is 0 Å². The Morgan fingerprint density at radius 1 is 1.36 bits per heavy atom. The predicted octanol–water partition coefficient (Wildman–Crippen LogP) is 2.89. The van der Waals surface area contributed by atoms with Gasteiger partial charge in [0.15, 0.2) is 0 Å². The highest BCUT2D eigenvalue weighted by atomic mass is 14.7. The third-order valence-corrected chi connectivity index (χ3v) is 1.26. The molecule has 0 aliphatic rings. The van der Waals surface area contributed by atoms with Gasteiger partial charge in [-0.2, -0.15) is 0 Å². The second kappa shape index (κ2) is 5.42. The van der Waals surface area contributed by atoms with E-state index >= 15 is 0 Å². The summed E-state index contributed by atoms with van der Waals surface area (Å²) in [6, 6.07) is 0. The lowest BCUT2D eigenvalue weighted by atomic mass is 10.2. The molecule has 0 rings (SSSR count). The van der Waals surface area contributed by atoms with E-state index in [1.165, 1.54) is 0 Å². The van der Waals surface area contributed by atoms with E-state index in [-0.39, 0.29) is 0 Å². The Balaban J connectivity index is 4.75. The first kappa shape index (κ1) is 9.63. The molecular weight excluding hydrogens is 134 g/mol. The third-order valence-electron chi connectivity index (χ3n) is 1.26. The molecule has 0 aromatic heterocycles. The number of hydrogen-bond acceptors (Lipinski definition) is 1. The monoisotopic (exact) mass is 147 g/mol. The SMILES string of the molecule is C=C/C=C(C=C)\C(=C/C)N=C. The number of allylic oxidation sites excluding steroid dienone is 4. The molecule has 1 heteroatoms. The second-order valence-corrected chi connectivity index (χ2v) is 1.89. The summed E-state index contributed by atoms with van der Waals surface area (Å²) in [6.45, 7) is 12.6. The molecule has 0 saturated carbocycles. The lowest BCUT2D eigenvalue weighted by molar-refractivity contribution is 1.34. The normalized spacial score (nSPS) is 12.5. The van der Waals surface area contributed by atoms with Gasteiger partial charge in [-0.25, -0.2) is 0 Å².